The highest BCUT2D eigenvalue weighted by Crippen LogP contribution is 2.37. The summed E-state index contributed by atoms with van der Waals surface area (Å²) < 4.78 is 77.3. The van der Waals surface area contributed by atoms with Crippen molar-refractivity contribution in [1.29, 1.82) is 0 Å². The molecule has 7 amide bonds. The fraction of sp³-hybridized carbons (Fsp3) is 0.583. The van der Waals surface area contributed by atoms with Gasteiger partial charge in [0.05, 0.1) is 39.0 Å². The number of likely N-dealkylation sites (N-methyl/N-ethyl adjacent to an activating group) is 2. The van der Waals surface area contributed by atoms with Crippen molar-refractivity contribution < 1.29 is 50.3 Å². The monoisotopic (exact) mass is 1230 g/mol. The van der Waals surface area contributed by atoms with Crippen LogP contribution in [0.3, 0.4) is 0 Å². The van der Waals surface area contributed by atoms with Crippen LogP contribution < -0.4 is 5.32 Å². The molecule has 10 rings (SSSR count). The summed E-state index contributed by atoms with van der Waals surface area (Å²) >= 11 is 2.52. The fourth-order valence-electron chi connectivity index (χ4n) is 12.7. The number of hydrogen-bond acceptors (Lipinski definition) is 8. The van der Waals surface area contributed by atoms with E-state index in [4.69, 9.17) is 0 Å². The van der Waals surface area contributed by atoms with Crippen LogP contribution in [0.1, 0.15) is 140 Å². The van der Waals surface area contributed by atoms with E-state index in [0.29, 0.717) is 78.7 Å². The molecule has 13 nitrogen and oxygen atoms in total. The van der Waals surface area contributed by atoms with Crippen LogP contribution in [0.2, 0.25) is 0 Å². The van der Waals surface area contributed by atoms with E-state index in [9.17, 15) is 50.3 Å². The number of amides is 7. The van der Waals surface area contributed by atoms with E-state index < -0.39 is 23.5 Å². The Morgan fingerprint density at radius 3 is 1.24 bits per heavy atom. The van der Waals surface area contributed by atoms with Crippen LogP contribution in [0.4, 0.5) is 35.9 Å². The highest BCUT2D eigenvalue weighted by molar-refractivity contribution is 7.59. The smallest absolute Gasteiger partial charge is 0.336 e. The number of nitrogens with one attached hydrogen (secondary N) is 1. The number of likely N-dealkylation sites (tertiary alicyclic amines) is 4. The average Bonchev–Trinajstić information content (AvgIpc) is 4.49. The van der Waals surface area contributed by atoms with Gasteiger partial charge in [0.1, 0.15) is 0 Å². The molecule has 0 bridgehead atoms. The van der Waals surface area contributed by atoms with E-state index in [2.05, 4.69) is 10.2 Å². The molecule has 4 atom stereocenters. The number of urea groups is 2. The topological polar surface area (TPSA) is 120 Å². The molecule has 0 spiro atoms. The number of rotatable bonds is 10. The summed E-state index contributed by atoms with van der Waals surface area (Å²) in [6.45, 7) is 6.46. The van der Waals surface area contributed by atoms with Gasteiger partial charge in [-0.05, 0) is 111 Å². The van der Waals surface area contributed by atoms with Crippen LogP contribution in [0, 0.1) is 0 Å². The number of carbonyl (C=O) groups is 5. The largest absolute Gasteiger partial charge is 0.416 e. The summed E-state index contributed by atoms with van der Waals surface area (Å²) in [6, 6.07) is 17.9. The molecule has 83 heavy (non-hydrogen) atoms. The van der Waals surface area contributed by atoms with Crippen molar-refractivity contribution in [3.8, 4) is 20.9 Å². The number of nitrogens with zero attached hydrogens (tertiary/aromatic N) is 7. The molecular formula is C60H80F6N8O5S4. The second kappa shape index (κ2) is 28.9. The Hall–Kier alpha value is -4.97. The third-order valence-corrected chi connectivity index (χ3v) is 19.7. The third kappa shape index (κ3) is 16.3. The van der Waals surface area contributed by atoms with Gasteiger partial charge in [-0.25, -0.2) is 9.59 Å². The van der Waals surface area contributed by atoms with Gasteiger partial charge in [0.2, 0.25) is 5.91 Å². The quantitative estimate of drug-likeness (QED) is 0.125. The Morgan fingerprint density at radius 1 is 0.458 bits per heavy atom. The first-order valence-electron chi connectivity index (χ1n) is 28.9. The number of benzene rings is 2. The molecular weight excluding hydrogens is 1150 g/mol. The maximum Gasteiger partial charge on any atom is 0.416 e. The van der Waals surface area contributed by atoms with E-state index in [0.717, 1.165) is 92.1 Å². The zero-order chi connectivity index (χ0) is 57.6. The van der Waals surface area contributed by atoms with Crippen LogP contribution in [0.15, 0.2) is 72.8 Å². The van der Waals surface area contributed by atoms with Crippen LogP contribution in [0.5, 0.6) is 0 Å². The number of carbonyl (C=O) groups excluding carboxylic acids is 5. The average molecular weight is 1240 g/mol. The Balaban J connectivity index is 0.000000234. The van der Waals surface area contributed by atoms with Crippen LogP contribution >= 0.6 is 49.7 Å². The zero-order valence-corrected chi connectivity index (χ0v) is 51.3. The molecule has 4 saturated heterocycles. The first kappa shape index (κ1) is 65.6. The zero-order valence-electron chi connectivity index (χ0n) is 47.6. The minimum atomic E-state index is -4.39. The van der Waals surface area contributed by atoms with Gasteiger partial charge in [-0.15, -0.1) is 22.7 Å². The van der Waals surface area contributed by atoms with Crippen LogP contribution in [0.25, 0.3) is 20.9 Å². The molecule has 23 heteroatoms. The molecule has 0 radical (unpaired) electrons. The van der Waals surface area contributed by atoms with Gasteiger partial charge in [-0.3, -0.25) is 14.4 Å². The first-order valence-corrected chi connectivity index (χ1v) is 30.6. The van der Waals surface area contributed by atoms with Gasteiger partial charge in [0.15, 0.2) is 0 Å². The lowest BCUT2D eigenvalue weighted by molar-refractivity contribution is -0.138. The van der Waals surface area contributed by atoms with Gasteiger partial charge in [-0.2, -0.15) is 53.3 Å². The normalized spacial score (nSPS) is 21.7. The first-order chi connectivity index (χ1) is 38.7. The Labute approximate surface area is 506 Å². The molecule has 456 valence electrons. The van der Waals surface area contributed by atoms with E-state index in [-0.39, 0.29) is 80.9 Å². The summed E-state index contributed by atoms with van der Waals surface area (Å²) in [4.78, 5) is 81.2. The van der Waals surface area contributed by atoms with Crippen LogP contribution in [-0.2, 0) is 17.1 Å². The van der Waals surface area contributed by atoms with E-state index in [1.54, 1.807) is 55.1 Å². The van der Waals surface area contributed by atoms with E-state index in [1.807, 2.05) is 19.6 Å². The predicted molar refractivity (Wildman–Crippen MR) is 324 cm³/mol. The molecule has 4 aromatic rings. The van der Waals surface area contributed by atoms with E-state index >= 15 is 0 Å². The van der Waals surface area contributed by atoms with Crippen molar-refractivity contribution in [3.63, 3.8) is 0 Å². The van der Waals surface area contributed by atoms with Gasteiger partial charge in [0, 0.05) is 101 Å². The molecule has 2 saturated carbocycles. The molecule has 6 fully saturated rings. The highest BCUT2D eigenvalue weighted by Gasteiger charge is 2.41. The van der Waals surface area contributed by atoms with Crippen molar-refractivity contribution in [2.24, 2.45) is 0 Å². The van der Waals surface area contributed by atoms with Gasteiger partial charge < -0.3 is 39.6 Å². The number of thiophene rings is 2. The lowest BCUT2D eigenvalue weighted by atomic mass is 10.0. The molecule has 4 aliphatic heterocycles. The minimum absolute atomic E-state index is 0. The molecule has 2 aromatic carbocycles. The Kier molecular flexibility index (Phi) is 22.9. The van der Waals surface area contributed by atoms with Crippen molar-refractivity contribution in [3.05, 3.63) is 93.7 Å². The molecule has 1 N–H and O–H groups in total. The maximum absolute atomic E-state index is 13.4. The van der Waals surface area contributed by atoms with Crippen molar-refractivity contribution in [1.82, 2.24) is 39.6 Å². The number of halogens is 6. The fourth-order valence-corrected chi connectivity index (χ4v) is 14.7. The molecule has 2 aliphatic carbocycles. The highest BCUT2D eigenvalue weighted by atomic mass is 32.1. The Morgan fingerprint density at radius 2 is 0.831 bits per heavy atom. The van der Waals surface area contributed by atoms with Crippen molar-refractivity contribution >= 4 is 79.4 Å². The van der Waals surface area contributed by atoms with Crippen molar-refractivity contribution in [2.45, 2.75) is 158 Å². The summed E-state index contributed by atoms with van der Waals surface area (Å²) in [7, 11) is 3.50. The maximum atomic E-state index is 13.4. The molecule has 2 aromatic heterocycles. The Bertz CT molecular complexity index is 2800. The van der Waals surface area contributed by atoms with Crippen LogP contribution in [-0.4, -0.2) is 167 Å². The lowest BCUT2D eigenvalue weighted by Crippen LogP contribution is -2.49. The summed E-state index contributed by atoms with van der Waals surface area (Å²) in [5.41, 5.74) is -0.137. The summed E-state index contributed by atoms with van der Waals surface area (Å²) in [5, 5.41) is 3.80. The van der Waals surface area contributed by atoms with Crippen molar-refractivity contribution in [2.75, 3.05) is 66.5 Å². The second-order valence-corrected chi connectivity index (χ2v) is 25.1. The minimum Gasteiger partial charge on any atom is -0.336 e. The van der Waals surface area contributed by atoms with E-state index in [1.165, 1.54) is 98.3 Å². The second-order valence-electron chi connectivity index (χ2n) is 22.9. The third-order valence-electron chi connectivity index (χ3n) is 17.4. The van der Waals surface area contributed by atoms with Gasteiger partial charge in [-0.1, -0.05) is 75.6 Å². The lowest BCUT2D eigenvalue weighted by Gasteiger charge is -2.36. The number of hydrogen-bond donors (Lipinski definition) is 1. The molecule has 6 heterocycles. The molecule has 6 aliphatic rings. The SMILES string of the molecule is CC(=O)N(C1CCCCCC1)[C@@H]1CCN(C(=O)N2CC[C@H](N(C)C(=O)c3ccc(-c4ccc(C(F)(F)F)cc4)s3)C2)C1.CN(C(=O)c1ccc(-c2ccc(C(F)(F)F)cc2)s1)[C@H]1CCN(C(=O)N2CC[C@@H](NC3CCCCCC3)C2)C1.S.S. The molecule has 0 unspecified atom stereocenters. The van der Waals surface area contributed by atoms with Gasteiger partial charge >= 0.3 is 24.4 Å². The summed E-state index contributed by atoms with van der Waals surface area (Å²) in [6.07, 6.45) is 8.89. The standard InChI is InChI=1S/C31H39F3N4O3S.C29H37F3N4O2S.2H2S/c1-21(39)38(24-7-5-3-4-6-8-24)26-16-18-37(20-26)30(41)36-17-15-25(19-36)35(2)29(40)28-14-13-27(42-28)22-9-11-23(12-10-22)31(32,33)34;1-34(27(37)26-13-12-25(39-26)20-8-10-21(11-9-20)29(30,31)32)24-15-17-36(19-24)28(38)35-16-14-23(18-35)33-22-6-4-2-3-5-7-22;;/h9-14,24-26H,3-8,15-20H2,1-2H3;8-13,22-24,33H,2-7,14-19H2,1H3;2*1H2/t25-,26+;23-,24+;;/m01../s1. The number of alkyl halides is 6. The summed E-state index contributed by atoms with van der Waals surface area (Å²) in [5.74, 6) is -0.205. The predicted octanol–water partition coefficient (Wildman–Crippen LogP) is 12.7. The van der Waals surface area contributed by atoms with Gasteiger partial charge in [0.25, 0.3) is 11.8 Å².